The molecule has 3 rings (SSSR count). The standard InChI is InChI=1S/C18H18F2N4O3/c1-11-8-12(2-3-15(11)27-18(19)20)9-24-10-13-14(23-24)4-5-21-16(13)17(26)22-6-7-25/h2-5,8,10,18,25H,6-7,9H2,1H3,(H,22,26). The summed E-state index contributed by atoms with van der Waals surface area (Å²) >= 11 is 0. The maximum Gasteiger partial charge on any atom is 0.387 e. The first-order valence-electron chi connectivity index (χ1n) is 8.23. The van der Waals surface area contributed by atoms with Crippen molar-refractivity contribution in [1.29, 1.82) is 0 Å². The number of carbonyl (C=O) groups is 1. The summed E-state index contributed by atoms with van der Waals surface area (Å²) < 4.78 is 30.8. The minimum atomic E-state index is -2.87. The van der Waals surface area contributed by atoms with Crippen LogP contribution >= 0.6 is 0 Å². The Morgan fingerprint density at radius 2 is 2.19 bits per heavy atom. The van der Waals surface area contributed by atoms with E-state index in [4.69, 9.17) is 5.11 Å². The molecule has 0 bridgehead atoms. The highest BCUT2D eigenvalue weighted by atomic mass is 19.3. The lowest BCUT2D eigenvalue weighted by atomic mass is 10.1. The fraction of sp³-hybridized carbons (Fsp3) is 0.278. The van der Waals surface area contributed by atoms with Crippen molar-refractivity contribution in [2.75, 3.05) is 13.2 Å². The Hall–Kier alpha value is -3.07. The van der Waals surface area contributed by atoms with Gasteiger partial charge in [0.05, 0.1) is 24.1 Å². The zero-order valence-corrected chi connectivity index (χ0v) is 14.5. The second kappa shape index (κ2) is 8.09. The number of aromatic nitrogens is 3. The Morgan fingerprint density at radius 1 is 1.37 bits per heavy atom. The molecule has 0 aliphatic heterocycles. The van der Waals surface area contributed by atoms with E-state index in [1.54, 1.807) is 36.0 Å². The van der Waals surface area contributed by atoms with Gasteiger partial charge in [-0.2, -0.15) is 13.9 Å². The predicted molar refractivity (Wildman–Crippen MR) is 93.9 cm³/mol. The lowest BCUT2D eigenvalue weighted by Gasteiger charge is -2.09. The minimum Gasteiger partial charge on any atom is -0.435 e. The molecule has 0 radical (unpaired) electrons. The van der Waals surface area contributed by atoms with Crippen LogP contribution in [0.25, 0.3) is 10.9 Å². The SMILES string of the molecule is Cc1cc(Cn2cc3c(C(=O)NCCO)nccc3n2)ccc1OC(F)F. The number of aryl methyl sites for hydroxylation is 1. The highest BCUT2D eigenvalue weighted by molar-refractivity contribution is 6.04. The number of alkyl halides is 2. The van der Waals surface area contributed by atoms with Gasteiger partial charge in [-0.15, -0.1) is 0 Å². The van der Waals surface area contributed by atoms with Gasteiger partial charge in [-0.25, -0.2) is 0 Å². The lowest BCUT2D eigenvalue weighted by Crippen LogP contribution is -2.27. The van der Waals surface area contributed by atoms with Crippen LogP contribution in [0.5, 0.6) is 5.75 Å². The van der Waals surface area contributed by atoms with E-state index in [-0.39, 0.29) is 24.6 Å². The van der Waals surface area contributed by atoms with Gasteiger partial charge in [-0.05, 0) is 30.2 Å². The third kappa shape index (κ3) is 4.37. The number of pyridine rings is 1. The van der Waals surface area contributed by atoms with E-state index in [0.717, 1.165) is 5.56 Å². The number of hydrogen-bond acceptors (Lipinski definition) is 5. The molecule has 0 aliphatic carbocycles. The molecule has 2 heterocycles. The van der Waals surface area contributed by atoms with Crippen molar-refractivity contribution in [2.24, 2.45) is 0 Å². The molecule has 2 N–H and O–H groups in total. The summed E-state index contributed by atoms with van der Waals surface area (Å²) in [6.45, 7) is -0.812. The summed E-state index contributed by atoms with van der Waals surface area (Å²) in [6, 6.07) is 6.62. The van der Waals surface area contributed by atoms with E-state index in [1.807, 2.05) is 0 Å². The number of aliphatic hydroxyl groups excluding tert-OH is 1. The number of fused-ring (bicyclic) bond motifs is 1. The molecule has 1 aromatic carbocycles. The summed E-state index contributed by atoms with van der Waals surface area (Å²) in [4.78, 5) is 16.3. The zero-order chi connectivity index (χ0) is 19.4. The van der Waals surface area contributed by atoms with Crippen molar-refractivity contribution in [1.82, 2.24) is 20.1 Å². The Kier molecular flexibility index (Phi) is 5.60. The smallest absolute Gasteiger partial charge is 0.387 e. The molecule has 0 saturated carbocycles. The lowest BCUT2D eigenvalue weighted by molar-refractivity contribution is -0.0503. The van der Waals surface area contributed by atoms with Gasteiger partial charge in [0, 0.05) is 18.9 Å². The van der Waals surface area contributed by atoms with Gasteiger partial charge in [0.25, 0.3) is 5.91 Å². The number of ether oxygens (including phenoxy) is 1. The van der Waals surface area contributed by atoms with Crippen LogP contribution in [0.2, 0.25) is 0 Å². The second-order valence-electron chi connectivity index (χ2n) is 5.88. The van der Waals surface area contributed by atoms with Gasteiger partial charge >= 0.3 is 6.61 Å². The van der Waals surface area contributed by atoms with E-state index in [9.17, 15) is 13.6 Å². The van der Waals surface area contributed by atoms with Crippen LogP contribution in [0.4, 0.5) is 8.78 Å². The number of rotatable bonds is 7. The van der Waals surface area contributed by atoms with E-state index in [0.29, 0.717) is 23.0 Å². The van der Waals surface area contributed by atoms with Crippen molar-refractivity contribution < 1.29 is 23.4 Å². The fourth-order valence-corrected chi connectivity index (χ4v) is 2.73. The van der Waals surface area contributed by atoms with Gasteiger partial charge in [0.2, 0.25) is 0 Å². The summed E-state index contributed by atoms with van der Waals surface area (Å²) in [6.07, 6.45) is 3.20. The van der Waals surface area contributed by atoms with E-state index in [2.05, 4.69) is 20.1 Å². The van der Waals surface area contributed by atoms with Crippen LogP contribution in [0.1, 0.15) is 21.6 Å². The average Bonchev–Trinajstić information content (AvgIpc) is 3.04. The van der Waals surface area contributed by atoms with Crippen LogP contribution in [-0.2, 0) is 6.54 Å². The number of hydrogen-bond donors (Lipinski definition) is 2. The topological polar surface area (TPSA) is 89.3 Å². The first-order chi connectivity index (χ1) is 13.0. The average molecular weight is 376 g/mol. The van der Waals surface area contributed by atoms with Gasteiger partial charge in [-0.1, -0.05) is 12.1 Å². The molecule has 0 spiro atoms. The van der Waals surface area contributed by atoms with Crippen LogP contribution in [0, 0.1) is 6.92 Å². The maximum atomic E-state index is 12.4. The molecule has 1 amide bonds. The van der Waals surface area contributed by atoms with Crippen molar-refractivity contribution >= 4 is 16.8 Å². The highest BCUT2D eigenvalue weighted by Gasteiger charge is 2.14. The molecule has 7 nitrogen and oxygen atoms in total. The molecule has 9 heteroatoms. The summed E-state index contributed by atoms with van der Waals surface area (Å²) in [5, 5.41) is 16.4. The fourth-order valence-electron chi connectivity index (χ4n) is 2.73. The van der Waals surface area contributed by atoms with Crippen molar-refractivity contribution in [3.8, 4) is 5.75 Å². The normalized spacial score (nSPS) is 11.1. The van der Waals surface area contributed by atoms with Crippen molar-refractivity contribution in [3.63, 3.8) is 0 Å². The third-order valence-electron chi connectivity index (χ3n) is 3.89. The molecule has 0 fully saturated rings. The summed E-state index contributed by atoms with van der Waals surface area (Å²) in [7, 11) is 0. The zero-order valence-electron chi connectivity index (χ0n) is 14.5. The summed E-state index contributed by atoms with van der Waals surface area (Å²) in [5.74, 6) is -0.259. The second-order valence-corrected chi connectivity index (χ2v) is 5.88. The van der Waals surface area contributed by atoms with Crippen LogP contribution in [0.15, 0.2) is 36.7 Å². The number of aliphatic hydroxyl groups is 1. The Balaban J connectivity index is 1.84. The first kappa shape index (κ1) is 18.7. The molecular formula is C18H18F2N4O3. The number of nitrogens with one attached hydrogen (secondary N) is 1. The first-order valence-corrected chi connectivity index (χ1v) is 8.23. The molecule has 0 unspecified atom stereocenters. The quantitative estimate of drug-likeness (QED) is 0.659. The molecule has 3 aromatic rings. The Labute approximate surface area is 153 Å². The largest absolute Gasteiger partial charge is 0.435 e. The van der Waals surface area contributed by atoms with Gasteiger partial charge in [0.15, 0.2) is 0 Å². The molecular weight excluding hydrogens is 358 g/mol. The number of carbonyl (C=O) groups excluding carboxylic acids is 1. The Morgan fingerprint density at radius 3 is 2.89 bits per heavy atom. The van der Waals surface area contributed by atoms with E-state index in [1.165, 1.54) is 12.3 Å². The predicted octanol–water partition coefficient (Wildman–Crippen LogP) is 2.11. The monoisotopic (exact) mass is 376 g/mol. The highest BCUT2D eigenvalue weighted by Crippen LogP contribution is 2.22. The van der Waals surface area contributed by atoms with Crippen molar-refractivity contribution in [3.05, 3.63) is 53.5 Å². The van der Waals surface area contributed by atoms with Crippen LogP contribution in [0.3, 0.4) is 0 Å². The third-order valence-corrected chi connectivity index (χ3v) is 3.89. The van der Waals surface area contributed by atoms with Gasteiger partial charge in [0.1, 0.15) is 11.4 Å². The van der Waals surface area contributed by atoms with Crippen molar-refractivity contribution in [2.45, 2.75) is 20.1 Å². The number of halogens is 2. The molecule has 0 atom stereocenters. The van der Waals surface area contributed by atoms with Gasteiger partial charge < -0.3 is 15.2 Å². The summed E-state index contributed by atoms with van der Waals surface area (Å²) in [5.41, 5.74) is 2.27. The van der Waals surface area contributed by atoms with E-state index < -0.39 is 12.5 Å². The minimum absolute atomic E-state index is 0.131. The maximum absolute atomic E-state index is 12.4. The number of nitrogens with zero attached hydrogens (tertiary/aromatic N) is 3. The molecule has 0 aliphatic rings. The molecule has 27 heavy (non-hydrogen) atoms. The molecule has 2 aromatic heterocycles. The van der Waals surface area contributed by atoms with Crippen LogP contribution in [-0.4, -0.2) is 45.5 Å². The van der Waals surface area contributed by atoms with Crippen LogP contribution < -0.4 is 10.1 Å². The molecule has 0 saturated heterocycles. The Bertz CT molecular complexity index is 959. The number of benzene rings is 1. The van der Waals surface area contributed by atoms with Gasteiger partial charge in [-0.3, -0.25) is 14.5 Å². The van der Waals surface area contributed by atoms with E-state index >= 15 is 0 Å². The number of amides is 1. The molecule has 142 valence electrons.